The molecule has 0 bridgehead atoms. The smallest absolute Gasteiger partial charge is 0.282 e. The molecule has 2 aliphatic heterocycles. The lowest BCUT2D eigenvalue weighted by atomic mass is 9.95. The Balaban J connectivity index is 1.32. The molecule has 6 heteroatoms. The molecule has 2 amide bonds. The van der Waals surface area contributed by atoms with Crippen LogP contribution in [0.15, 0.2) is 48.5 Å². The summed E-state index contributed by atoms with van der Waals surface area (Å²) in [6, 6.07) is 16.0. The number of hydrogen-bond donors (Lipinski definition) is 2. The van der Waals surface area contributed by atoms with Crippen molar-refractivity contribution in [2.45, 2.75) is 97.1 Å². The van der Waals surface area contributed by atoms with Crippen molar-refractivity contribution in [1.29, 1.82) is 0 Å². The maximum absolute atomic E-state index is 13.7. The van der Waals surface area contributed by atoms with E-state index in [1.165, 1.54) is 12.8 Å². The van der Waals surface area contributed by atoms with E-state index in [1.54, 1.807) is 0 Å². The summed E-state index contributed by atoms with van der Waals surface area (Å²) in [5.74, 6) is 0.329. The van der Waals surface area contributed by atoms with E-state index < -0.39 is 0 Å². The van der Waals surface area contributed by atoms with Crippen LogP contribution in [-0.2, 0) is 9.59 Å². The third-order valence-corrected chi connectivity index (χ3v) is 9.20. The lowest BCUT2D eigenvalue weighted by Gasteiger charge is -2.47. The molecule has 0 saturated carbocycles. The van der Waals surface area contributed by atoms with E-state index in [0.29, 0.717) is 0 Å². The molecule has 3 atom stereocenters. The van der Waals surface area contributed by atoms with E-state index in [-0.39, 0.29) is 23.9 Å². The molecule has 0 radical (unpaired) electrons. The first-order valence-electron chi connectivity index (χ1n) is 15.8. The minimum atomic E-state index is -0.0347. The molecule has 2 heterocycles. The number of piperidine rings is 2. The van der Waals surface area contributed by atoms with Gasteiger partial charge >= 0.3 is 0 Å². The lowest BCUT2D eigenvalue weighted by Crippen LogP contribution is -2.62. The maximum atomic E-state index is 13.7. The summed E-state index contributed by atoms with van der Waals surface area (Å²) in [6.45, 7) is 11.6. The number of quaternary nitrogens is 1. The molecular weight excluding hydrogens is 496 g/mol. The molecule has 40 heavy (non-hydrogen) atoms. The number of likely N-dealkylation sites (tertiary alicyclic amines) is 2. The maximum Gasteiger partial charge on any atom is 0.282 e. The van der Waals surface area contributed by atoms with Crippen molar-refractivity contribution in [2.75, 3.05) is 43.4 Å². The topological polar surface area (TPSA) is 61.4 Å². The van der Waals surface area contributed by atoms with Gasteiger partial charge in [-0.2, -0.15) is 0 Å². The van der Waals surface area contributed by atoms with E-state index in [1.807, 2.05) is 30.3 Å². The third-order valence-electron chi connectivity index (χ3n) is 9.20. The van der Waals surface area contributed by atoms with Crippen LogP contribution in [0.1, 0.15) is 82.3 Å². The first-order chi connectivity index (χ1) is 19.4. The van der Waals surface area contributed by atoms with E-state index in [2.05, 4.69) is 54.5 Å². The number of carbonyl (C=O) groups excluding carboxylic acids is 2. The van der Waals surface area contributed by atoms with Crippen molar-refractivity contribution >= 4 is 23.2 Å². The zero-order valence-corrected chi connectivity index (χ0v) is 25.1. The van der Waals surface area contributed by atoms with Gasteiger partial charge < -0.3 is 15.1 Å². The van der Waals surface area contributed by atoms with Crippen molar-refractivity contribution in [3.05, 3.63) is 59.7 Å². The molecular formula is C34H51N4O2+. The van der Waals surface area contributed by atoms with Gasteiger partial charge in [0.25, 0.3) is 5.91 Å². The van der Waals surface area contributed by atoms with E-state index >= 15 is 0 Å². The molecule has 0 aromatic heterocycles. The molecule has 6 nitrogen and oxygen atoms in total. The number of aryl methyl sites for hydroxylation is 2. The van der Waals surface area contributed by atoms with Crippen LogP contribution in [0.5, 0.6) is 0 Å². The SMILES string of the molecule is CCC[N+]1(CCCCCN2CCCCC2C(=O)Nc2ccccc2)CCCCC1C(=O)Nc1c(C)cccc1C. The van der Waals surface area contributed by atoms with E-state index in [0.717, 1.165) is 111 Å². The van der Waals surface area contributed by atoms with E-state index in [9.17, 15) is 9.59 Å². The first kappa shape index (κ1) is 30.3. The highest BCUT2D eigenvalue weighted by molar-refractivity contribution is 5.95. The number of carbonyl (C=O) groups is 2. The Kier molecular flexibility index (Phi) is 11.2. The second-order valence-corrected chi connectivity index (χ2v) is 12.1. The third kappa shape index (κ3) is 7.73. The summed E-state index contributed by atoms with van der Waals surface area (Å²) in [4.78, 5) is 29.2. The predicted octanol–water partition coefficient (Wildman–Crippen LogP) is 6.68. The number of unbranched alkanes of at least 4 members (excludes halogenated alkanes) is 2. The van der Waals surface area contributed by atoms with Crippen molar-refractivity contribution < 1.29 is 14.1 Å². The fourth-order valence-corrected chi connectivity index (χ4v) is 7.11. The highest BCUT2D eigenvalue weighted by atomic mass is 16.2. The van der Waals surface area contributed by atoms with Gasteiger partial charge in [0.1, 0.15) is 0 Å². The molecule has 2 aromatic rings. The van der Waals surface area contributed by atoms with Gasteiger partial charge in [0.2, 0.25) is 5.91 Å². The number of amides is 2. The predicted molar refractivity (Wildman–Crippen MR) is 165 cm³/mol. The minimum absolute atomic E-state index is 0.0286. The summed E-state index contributed by atoms with van der Waals surface area (Å²) in [7, 11) is 0. The van der Waals surface area contributed by atoms with Gasteiger partial charge in [0, 0.05) is 17.8 Å². The summed E-state index contributed by atoms with van der Waals surface area (Å²) in [5, 5.41) is 6.46. The normalized spacial score (nSPS) is 23.5. The van der Waals surface area contributed by atoms with Gasteiger partial charge in [-0.1, -0.05) is 49.7 Å². The van der Waals surface area contributed by atoms with Crippen LogP contribution in [0.2, 0.25) is 0 Å². The van der Waals surface area contributed by atoms with Crippen LogP contribution in [0, 0.1) is 13.8 Å². The first-order valence-corrected chi connectivity index (χ1v) is 15.8. The molecule has 2 fully saturated rings. The average Bonchev–Trinajstić information content (AvgIpc) is 2.96. The number of nitrogens with zero attached hydrogens (tertiary/aromatic N) is 2. The number of para-hydroxylation sites is 2. The zero-order chi connectivity index (χ0) is 28.4. The van der Waals surface area contributed by atoms with Crippen LogP contribution >= 0.6 is 0 Å². The van der Waals surface area contributed by atoms with Crippen LogP contribution in [-0.4, -0.2) is 66.0 Å². The Morgan fingerprint density at radius 3 is 2.33 bits per heavy atom. The van der Waals surface area contributed by atoms with Crippen molar-refractivity contribution in [3.63, 3.8) is 0 Å². The molecule has 218 valence electrons. The average molecular weight is 548 g/mol. The van der Waals surface area contributed by atoms with Crippen LogP contribution in [0.3, 0.4) is 0 Å². The molecule has 3 unspecified atom stereocenters. The fraction of sp³-hybridized carbons (Fsp3) is 0.588. The second kappa shape index (κ2) is 14.8. The molecule has 2 aromatic carbocycles. The Hall–Kier alpha value is -2.70. The van der Waals surface area contributed by atoms with Crippen molar-refractivity contribution in [3.8, 4) is 0 Å². The Morgan fingerprint density at radius 2 is 1.57 bits per heavy atom. The Bertz CT molecular complexity index is 1080. The van der Waals surface area contributed by atoms with E-state index in [4.69, 9.17) is 0 Å². The van der Waals surface area contributed by atoms with Gasteiger partial charge in [0.15, 0.2) is 6.04 Å². The summed E-state index contributed by atoms with van der Waals surface area (Å²) in [5.41, 5.74) is 4.12. The zero-order valence-electron chi connectivity index (χ0n) is 25.1. The quantitative estimate of drug-likeness (QED) is 0.230. The monoisotopic (exact) mass is 547 g/mol. The van der Waals surface area contributed by atoms with Gasteiger partial charge in [-0.05, 0) is 102 Å². The largest absolute Gasteiger partial charge is 0.325 e. The fourth-order valence-electron chi connectivity index (χ4n) is 7.11. The van der Waals surface area contributed by atoms with Crippen molar-refractivity contribution in [1.82, 2.24) is 4.90 Å². The van der Waals surface area contributed by atoms with Gasteiger partial charge in [-0.3, -0.25) is 14.5 Å². The number of rotatable bonds is 12. The highest BCUT2D eigenvalue weighted by Crippen LogP contribution is 2.30. The van der Waals surface area contributed by atoms with Gasteiger partial charge in [-0.15, -0.1) is 0 Å². The van der Waals surface area contributed by atoms with Crippen LogP contribution < -0.4 is 10.6 Å². The highest BCUT2D eigenvalue weighted by Gasteiger charge is 2.43. The molecule has 2 aliphatic rings. The molecule has 0 spiro atoms. The Morgan fingerprint density at radius 1 is 0.825 bits per heavy atom. The number of hydrogen-bond acceptors (Lipinski definition) is 3. The molecule has 2 N–H and O–H groups in total. The minimum Gasteiger partial charge on any atom is -0.325 e. The van der Waals surface area contributed by atoms with Crippen LogP contribution in [0.4, 0.5) is 11.4 Å². The second-order valence-electron chi connectivity index (χ2n) is 12.1. The Labute approximate surface area is 242 Å². The van der Waals surface area contributed by atoms with Gasteiger partial charge in [0.05, 0.1) is 25.7 Å². The molecule has 2 saturated heterocycles. The molecule has 0 aliphatic carbocycles. The van der Waals surface area contributed by atoms with Crippen LogP contribution in [0.25, 0.3) is 0 Å². The number of anilines is 2. The van der Waals surface area contributed by atoms with Gasteiger partial charge in [-0.25, -0.2) is 0 Å². The number of nitrogens with one attached hydrogen (secondary N) is 2. The summed E-state index contributed by atoms with van der Waals surface area (Å²) < 4.78 is 0.930. The number of benzene rings is 2. The lowest BCUT2D eigenvalue weighted by molar-refractivity contribution is -0.947. The summed E-state index contributed by atoms with van der Waals surface area (Å²) >= 11 is 0. The summed E-state index contributed by atoms with van der Waals surface area (Å²) in [6.07, 6.45) is 11.0. The standard InChI is InChI=1S/C34H50N4O2/c1-4-24-38(26-14-10-21-31(38)34(40)36-32-27(2)16-15-17-28(32)3)25-13-6-11-22-37-23-12-9-20-30(37)33(39)35-29-18-7-5-8-19-29/h5,7-8,15-19,30-31H,4,6,9-14,20-26H2,1-3H3,(H-,35,36,39,40)/p+1. The van der Waals surface area contributed by atoms with Crippen molar-refractivity contribution in [2.24, 2.45) is 0 Å². The molecule has 4 rings (SSSR count).